The summed E-state index contributed by atoms with van der Waals surface area (Å²) in [6.45, 7) is 0.0645. The fraction of sp³-hybridized carbons (Fsp3) is 0.250. The maximum Gasteiger partial charge on any atom is 0.325 e. The van der Waals surface area contributed by atoms with Crippen LogP contribution in [-0.4, -0.2) is 25.5 Å². The molecular formula is C12H13N3O4. The average Bonchev–Trinajstić information content (AvgIpc) is 2.93. The van der Waals surface area contributed by atoms with Gasteiger partial charge in [0.15, 0.2) is 0 Å². The van der Waals surface area contributed by atoms with Crippen LogP contribution >= 0.6 is 0 Å². The van der Waals surface area contributed by atoms with Crippen LogP contribution in [0.25, 0.3) is 0 Å². The van der Waals surface area contributed by atoms with Gasteiger partial charge in [0.1, 0.15) is 23.9 Å². The molecule has 0 fully saturated rings. The SMILES string of the molecule is COC(=O)CN/C=C(/C#N)C(=O)NCc1ccco1. The van der Waals surface area contributed by atoms with Gasteiger partial charge in [-0.25, -0.2) is 0 Å². The van der Waals surface area contributed by atoms with Crippen LogP contribution in [-0.2, 0) is 20.9 Å². The highest BCUT2D eigenvalue weighted by molar-refractivity contribution is 5.97. The molecule has 0 aromatic carbocycles. The zero-order valence-corrected chi connectivity index (χ0v) is 10.3. The summed E-state index contributed by atoms with van der Waals surface area (Å²) in [5.41, 5.74) is -0.143. The van der Waals surface area contributed by atoms with Crippen molar-refractivity contribution in [3.05, 3.63) is 35.9 Å². The summed E-state index contributed by atoms with van der Waals surface area (Å²) in [7, 11) is 1.25. The highest BCUT2D eigenvalue weighted by atomic mass is 16.5. The monoisotopic (exact) mass is 263 g/mol. The Morgan fingerprint density at radius 1 is 1.58 bits per heavy atom. The molecule has 0 unspecified atom stereocenters. The number of carbonyl (C=O) groups is 2. The van der Waals surface area contributed by atoms with Gasteiger partial charge in [-0.1, -0.05) is 0 Å². The number of rotatable bonds is 6. The van der Waals surface area contributed by atoms with Gasteiger partial charge in [0.2, 0.25) is 0 Å². The molecular weight excluding hydrogens is 250 g/mol. The molecule has 0 aliphatic heterocycles. The van der Waals surface area contributed by atoms with Crippen LogP contribution in [0.2, 0.25) is 0 Å². The van der Waals surface area contributed by atoms with Crippen molar-refractivity contribution in [1.29, 1.82) is 5.26 Å². The number of furan rings is 1. The number of amides is 1. The maximum atomic E-state index is 11.6. The van der Waals surface area contributed by atoms with Crippen LogP contribution in [0.5, 0.6) is 0 Å². The lowest BCUT2D eigenvalue weighted by Gasteiger charge is -2.03. The number of hydrogen-bond acceptors (Lipinski definition) is 6. The lowest BCUT2D eigenvalue weighted by atomic mass is 10.3. The Bertz CT molecular complexity index is 500. The molecule has 100 valence electrons. The summed E-state index contributed by atoms with van der Waals surface area (Å²) in [6.07, 6.45) is 2.65. The predicted molar refractivity (Wildman–Crippen MR) is 64.3 cm³/mol. The van der Waals surface area contributed by atoms with Crippen molar-refractivity contribution < 1.29 is 18.7 Å². The highest BCUT2D eigenvalue weighted by Gasteiger charge is 2.09. The van der Waals surface area contributed by atoms with Crippen molar-refractivity contribution in [3.63, 3.8) is 0 Å². The number of methoxy groups -OCH3 is 1. The first kappa shape index (κ1) is 14.3. The topological polar surface area (TPSA) is 104 Å². The number of esters is 1. The largest absolute Gasteiger partial charge is 0.468 e. The molecule has 7 heteroatoms. The van der Waals surface area contributed by atoms with Crippen LogP contribution in [0.1, 0.15) is 5.76 Å². The molecule has 0 saturated carbocycles. The summed E-state index contributed by atoms with van der Waals surface area (Å²) in [5, 5.41) is 13.8. The van der Waals surface area contributed by atoms with Gasteiger partial charge in [-0.15, -0.1) is 0 Å². The average molecular weight is 263 g/mol. The van der Waals surface area contributed by atoms with Gasteiger partial charge in [0.25, 0.3) is 5.91 Å². The smallest absolute Gasteiger partial charge is 0.325 e. The number of nitrogens with zero attached hydrogens (tertiary/aromatic N) is 1. The van der Waals surface area contributed by atoms with Gasteiger partial charge in [-0.3, -0.25) is 9.59 Å². The molecule has 1 aromatic heterocycles. The van der Waals surface area contributed by atoms with Crippen LogP contribution in [0.4, 0.5) is 0 Å². The van der Waals surface area contributed by atoms with Crippen LogP contribution < -0.4 is 10.6 Å². The van der Waals surface area contributed by atoms with Gasteiger partial charge >= 0.3 is 5.97 Å². The van der Waals surface area contributed by atoms with E-state index in [0.717, 1.165) is 6.20 Å². The molecule has 0 aliphatic carbocycles. The quantitative estimate of drug-likeness (QED) is 0.427. The molecule has 2 N–H and O–H groups in total. The van der Waals surface area contributed by atoms with Crippen molar-refractivity contribution >= 4 is 11.9 Å². The lowest BCUT2D eigenvalue weighted by Crippen LogP contribution is -2.26. The molecule has 1 aromatic rings. The minimum absolute atomic E-state index is 0.118. The predicted octanol–water partition coefficient (Wildman–Crippen LogP) is 0.0659. The Labute approximate surface area is 109 Å². The van der Waals surface area contributed by atoms with Crippen molar-refractivity contribution in [1.82, 2.24) is 10.6 Å². The lowest BCUT2D eigenvalue weighted by molar-refractivity contribution is -0.139. The van der Waals surface area contributed by atoms with Gasteiger partial charge in [0, 0.05) is 6.20 Å². The molecule has 0 spiro atoms. The van der Waals surface area contributed by atoms with E-state index in [1.165, 1.54) is 13.4 Å². The summed E-state index contributed by atoms with van der Waals surface area (Å²) in [4.78, 5) is 22.4. The fourth-order valence-electron chi connectivity index (χ4n) is 1.13. The summed E-state index contributed by atoms with van der Waals surface area (Å²) in [5.74, 6) is -0.478. The van der Waals surface area contributed by atoms with Crippen molar-refractivity contribution in [2.45, 2.75) is 6.54 Å². The van der Waals surface area contributed by atoms with E-state index < -0.39 is 11.9 Å². The van der Waals surface area contributed by atoms with E-state index in [4.69, 9.17) is 9.68 Å². The molecule has 19 heavy (non-hydrogen) atoms. The second kappa shape index (κ2) is 7.55. The van der Waals surface area contributed by atoms with Crippen LogP contribution in [0.15, 0.2) is 34.6 Å². The molecule has 1 amide bonds. The van der Waals surface area contributed by atoms with E-state index >= 15 is 0 Å². The Kier molecular flexibility index (Phi) is 5.69. The molecule has 0 aliphatic rings. The molecule has 7 nitrogen and oxygen atoms in total. The molecule has 0 atom stereocenters. The van der Waals surface area contributed by atoms with E-state index in [2.05, 4.69) is 15.4 Å². The number of nitrogens with one attached hydrogen (secondary N) is 2. The van der Waals surface area contributed by atoms with E-state index in [1.54, 1.807) is 18.2 Å². The zero-order valence-electron chi connectivity index (χ0n) is 10.3. The summed E-state index contributed by atoms with van der Waals surface area (Å²) in [6, 6.07) is 5.12. The normalized spacial score (nSPS) is 10.4. The summed E-state index contributed by atoms with van der Waals surface area (Å²) >= 11 is 0. The second-order valence-corrected chi connectivity index (χ2v) is 3.39. The minimum Gasteiger partial charge on any atom is -0.468 e. The van der Waals surface area contributed by atoms with Gasteiger partial charge in [0.05, 0.1) is 19.9 Å². The Hall–Kier alpha value is -2.75. The standard InChI is InChI=1S/C12H13N3O4/c1-18-11(16)8-14-6-9(5-13)12(17)15-7-10-3-2-4-19-10/h2-4,6,14H,7-8H2,1H3,(H,15,17)/b9-6-. The van der Waals surface area contributed by atoms with Crippen molar-refractivity contribution in [2.24, 2.45) is 0 Å². The van der Waals surface area contributed by atoms with E-state index in [0.29, 0.717) is 5.76 Å². The number of hydrogen-bond donors (Lipinski definition) is 2. The number of nitriles is 1. The maximum absolute atomic E-state index is 11.6. The molecule has 0 saturated heterocycles. The van der Waals surface area contributed by atoms with E-state index in [1.807, 2.05) is 0 Å². The highest BCUT2D eigenvalue weighted by Crippen LogP contribution is 1.99. The second-order valence-electron chi connectivity index (χ2n) is 3.39. The molecule has 1 heterocycles. The van der Waals surface area contributed by atoms with Crippen molar-refractivity contribution in [2.75, 3.05) is 13.7 Å². The Morgan fingerprint density at radius 3 is 2.95 bits per heavy atom. The third-order valence-electron chi connectivity index (χ3n) is 2.09. The molecule has 1 rings (SSSR count). The zero-order chi connectivity index (χ0) is 14.1. The first-order valence-corrected chi connectivity index (χ1v) is 5.38. The van der Waals surface area contributed by atoms with Gasteiger partial charge < -0.3 is 19.8 Å². The first-order chi connectivity index (χ1) is 9.17. The Morgan fingerprint density at radius 2 is 2.37 bits per heavy atom. The summed E-state index contributed by atoms with van der Waals surface area (Å²) < 4.78 is 9.43. The first-order valence-electron chi connectivity index (χ1n) is 5.38. The van der Waals surface area contributed by atoms with Crippen LogP contribution in [0.3, 0.4) is 0 Å². The number of carbonyl (C=O) groups excluding carboxylic acids is 2. The van der Waals surface area contributed by atoms with Crippen molar-refractivity contribution in [3.8, 4) is 6.07 Å². The van der Waals surface area contributed by atoms with Crippen LogP contribution in [0, 0.1) is 11.3 Å². The fourth-order valence-corrected chi connectivity index (χ4v) is 1.13. The van der Waals surface area contributed by atoms with E-state index in [-0.39, 0.29) is 18.7 Å². The molecule has 0 bridgehead atoms. The van der Waals surface area contributed by atoms with Gasteiger partial charge in [-0.2, -0.15) is 5.26 Å². The molecule has 0 radical (unpaired) electrons. The Balaban J connectivity index is 2.45. The van der Waals surface area contributed by atoms with E-state index in [9.17, 15) is 9.59 Å². The third kappa shape index (κ3) is 4.95. The third-order valence-corrected chi connectivity index (χ3v) is 2.09. The van der Waals surface area contributed by atoms with Gasteiger partial charge in [-0.05, 0) is 12.1 Å². The number of ether oxygens (including phenoxy) is 1. The minimum atomic E-state index is -0.559.